The van der Waals surface area contributed by atoms with Gasteiger partial charge in [-0.05, 0) is 26.3 Å². The van der Waals surface area contributed by atoms with Gasteiger partial charge in [-0.25, -0.2) is 4.98 Å². The first-order chi connectivity index (χ1) is 6.27. The number of nitrogens with zero attached hydrogens (tertiary/aromatic N) is 1. The van der Waals surface area contributed by atoms with Crippen molar-refractivity contribution in [2.24, 2.45) is 0 Å². The molecule has 3 nitrogen and oxygen atoms in total. The summed E-state index contributed by atoms with van der Waals surface area (Å²) < 4.78 is 0. The number of thiazole rings is 1. The molecule has 2 unspecified atom stereocenters. The second-order valence-electron chi connectivity index (χ2n) is 3.43. The predicted molar refractivity (Wildman–Crippen MR) is 52.7 cm³/mol. The van der Waals surface area contributed by atoms with E-state index >= 15 is 0 Å². The molecule has 2 atom stereocenters. The molecule has 0 amide bonds. The summed E-state index contributed by atoms with van der Waals surface area (Å²) in [6, 6.07) is 0.428. The Morgan fingerprint density at radius 1 is 1.77 bits per heavy atom. The van der Waals surface area contributed by atoms with Crippen LogP contribution in [0.15, 0.2) is 6.20 Å². The third-order valence-corrected chi connectivity index (χ3v) is 3.59. The summed E-state index contributed by atoms with van der Waals surface area (Å²) in [5.74, 6) is 0. The zero-order valence-electron chi connectivity index (χ0n) is 7.66. The molecule has 1 saturated heterocycles. The number of rotatable bonds is 2. The number of aromatic nitrogens is 1. The van der Waals surface area contributed by atoms with Crippen molar-refractivity contribution in [3.8, 4) is 0 Å². The van der Waals surface area contributed by atoms with E-state index in [0.29, 0.717) is 6.04 Å². The summed E-state index contributed by atoms with van der Waals surface area (Å²) in [5.41, 5.74) is 0. The van der Waals surface area contributed by atoms with Crippen LogP contribution in [-0.2, 0) is 0 Å². The molecule has 0 bridgehead atoms. The Hall–Kier alpha value is -0.450. The van der Waals surface area contributed by atoms with Gasteiger partial charge in [-0.3, -0.25) is 0 Å². The smallest absolute Gasteiger partial charge is 0.110 e. The monoisotopic (exact) mass is 198 g/mol. The number of hydrogen-bond acceptors (Lipinski definition) is 4. The minimum absolute atomic E-state index is 0.382. The van der Waals surface area contributed by atoms with Crippen LogP contribution >= 0.6 is 11.3 Å². The van der Waals surface area contributed by atoms with Crippen molar-refractivity contribution in [3.63, 3.8) is 0 Å². The van der Waals surface area contributed by atoms with Gasteiger partial charge in [-0.15, -0.1) is 11.3 Å². The second kappa shape index (κ2) is 3.74. The lowest BCUT2D eigenvalue weighted by Gasteiger charge is -2.04. The Labute approximate surface area is 81.8 Å². The van der Waals surface area contributed by atoms with Crippen molar-refractivity contribution in [1.29, 1.82) is 0 Å². The summed E-state index contributed by atoms with van der Waals surface area (Å²) in [6.07, 6.45) is 3.80. The van der Waals surface area contributed by atoms with Gasteiger partial charge in [-0.1, -0.05) is 0 Å². The van der Waals surface area contributed by atoms with Gasteiger partial charge in [-0.2, -0.15) is 0 Å². The number of aliphatic hydroxyl groups is 1. The molecule has 0 radical (unpaired) electrons. The molecule has 2 heterocycles. The van der Waals surface area contributed by atoms with Crippen molar-refractivity contribution in [2.45, 2.75) is 31.9 Å². The van der Waals surface area contributed by atoms with E-state index in [1.54, 1.807) is 24.5 Å². The molecule has 1 aromatic heterocycles. The van der Waals surface area contributed by atoms with Gasteiger partial charge in [0.25, 0.3) is 0 Å². The maximum atomic E-state index is 9.33. The van der Waals surface area contributed by atoms with E-state index in [2.05, 4.69) is 10.3 Å². The second-order valence-corrected chi connectivity index (χ2v) is 4.52. The summed E-state index contributed by atoms with van der Waals surface area (Å²) in [6.45, 7) is 2.87. The van der Waals surface area contributed by atoms with Crippen molar-refractivity contribution >= 4 is 11.3 Å². The van der Waals surface area contributed by atoms with Gasteiger partial charge in [0, 0.05) is 6.20 Å². The fraction of sp³-hybridized carbons (Fsp3) is 0.667. The molecule has 2 N–H and O–H groups in total. The largest absolute Gasteiger partial charge is 0.388 e. The van der Waals surface area contributed by atoms with Crippen LogP contribution in [0.4, 0.5) is 0 Å². The Bertz CT molecular complexity index is 279. The third-order valence-electron chi connectivity index (χ3n) is 2.31. The van der Waals surface area contributed by atoms with Crippen LogP contribution in [0.1, 0.15) is 41.8 Å². The fourth-order valence-corrected chi connectivity index (χ4v) is 2.52. The van der Waals surface area contributed by atoms with E-state index in [4.69, 9.17) is 0 Å². The molecule has 1 fully saturated rings. The predicted octanol–water partition coefficient (Wildman–Crippen LogP) is 1.62. The molecule has 1 aliphatic rings. The molecule has 0 saturated carbocycles. The SMILES string of the molecule is CC(O)c1cnc(C2CCCN2)s1. The van der Waals surface area contributed by atoms with Crippen LogP contribution in [-0.4, -0.2) is 16.6 Å². The first-order valence-electron chi connectivity index (χ1n) is 4.64. The molecule has 13 heavy (non-hydrogen) atoms. The van der Waals surface area contributed by atoms with Gasteiger partial charge in [0.1, 0.15) is 5.01 Å². The molecule has 72 valence electrons. The van der Waals surface area contributed by atoms with Crippen molar-refractivity contribution in [1.82, 2.24) is 10.3 Å². The molecular formula is C9H14N2OS. The Balaban J connectivity index is 2.12. The lowest BCUT2D eigenvalue weighted by Crippen LogP contribution is -2.12. The van der Waals surface area contributed by atoms with E-state index in [1.807, 2.05) is 0 Å². The van der Waals surface area contributed by atoms with Crippen LogP contribution in [0, 0.1) is 0 Å². The van der Waals surface area contributed by atoms with Crippen LogP contribution in [0.3, 0.4) is 0 Å². The summed E-state index contributed by atoms with van der Waals surface area (Å²) in [5, 5.41) is 13.8. The van der Waals surface area contributed by atoms with Gasteiger partial charge in [0.05, 0.1) is 17.0 Å². The van der Waals surface area contributed by atoms with E-state index in [9.17, 15) is 5.11 Å². The van der Waals surface area contributed by atoms with Gasteiger partial charge in [0.2, 0.25) is 0 Å². The standard InChI is InChI=1S/C9H14N2OS/c1-6(12)8-5-11-9(13-8)7-3-2-4-10-7/h5-7,10,12H,2-4H2,1H3. The third kappa shape index (κ3) is 1.90. The lowest BCUT2D eigenvalue weighted by molar-refractivity contribution is 0.203. The van der Waals surface area contributed by atoms with E-state index in [1.165, 1.54) is 12.8 Å². The van der Waals surface area contributed by atoms with Crippen LogP contribution < -0.4 is 5.32 Å². The van der Waals surface area contributed by atoms with Crippen molar-refractivity contribution in [3.05, 3.63) is 16.1 Å². The van der Waals surface area contributed by atoms with Gasteiger partial charge in [0.15, 0.2) is 0 Å². The first-order valence-corrected chi connectivity index (χ1v) is 5.46. The highest BCUT2D eigenvalue weighted by atomic mass is 32.1. The average Bonchev–Trinajstić information content (AvgIpc) is 2.75. The van der Waals surface area contributed by atoms with Crippen molar-refractivity contribution in [2.75, 3.05) is 6.54 Å². The molecular weight excluding hydrogens is 184 g/mol. The maximum absolute atomic E-state index is 9.33. The first kappa shape index (κ1) is 9.12. The molecule has 2 rings (SSSR count). The van der Waals surface area contributed by atoms with E-state index in [0.717, 1.165) is 16.4 Å². The van der Waals surface area contributed by atoms with Gasteiger partial charge < -0.3 is 10.4 Å². The topological polar surface area (TPSA) is 45.2 Å². The quantitative estimate of drug-likeness (QED) is 0.759. The number of aliphatic hydroxyl groups excluding tert-OH is 1. The van der Waals surface area contributed by atoms with Crippen molar-refractivity contribution < 1.29 is 5.11 Å². The molecule has 0 aliphatic carbocycles. The molecule has 1 aliphatic heterocycles. The fourth-order valence-electron chi connectivity index (χ4n) is 1.55. The lowest BCUT2D eigenvalue weighted by atomic mass is 10.2. The zero-order valence-corrected chi connectivity index (χ0v) is 8.47. The summed E-state index contributed by atoms with van der Waals surface area (Å²) in [7, 11) is 0. The zero-order chi connectivity index (χ0) is 9.26. The van der Waals surface area contributed by atoms with E-state index in [-0.39, 0.29) is 6.10 Å². The summed E-state index contributed by atoms with van der Waals surface area (Å²) >= 11 is 1.61. The maximum Gasteiger partial charge on any atom is 0.110 e. The Kier molecular flexibility index (Phi) is 2.62. The molecule has 0 aromatic carbocycles. The highest BCUT2D eigenvalue weighted by Gasteiger charge is 2.19. The highest BCUT2D eigenvalue weighted by Crippen LogP contribution is 2.29. The normalized spacial score (nSPS) is 24.9. The minimum atomic E-state index is -0.382. The molecule has 4 heteroatoms. The minimum Gasteiger partial charge on any atom is -0.388 e. The number of hydrogen-bond donors (Lipinski definition) is 2. The average molecular weight is 198 g/mol. The molecule has 1 aromatic rings. The summed E-state index contributed by atoms with van der Waals surface area (Å²) in [4.78, 5) is 5.28. The highest BCUT2D eigenvalue weighted by molar-refractivity contribution is 7.11. The Morgan fingerprint density at radius 2 is 2.62 bits per heavy atom. The van der Waals surface area contributed by atoms with Gasteiger partial charge >= 0.3 is 0 Å². The van der Waals surface area contributed by atoms with Crippen LogP contribution in [0.5, 0.6) is 0 Å². The number of nitrogens with one attached hydrogen (secondary N) is 1. The van der Waals surface area contributed by atoms with Crippen LogP contribution in [0.25, 0.3) is 0 Å². The van der Waals surface area contributed by atoms with E-state index < -0.39 is 0 Å². The van der Waals surface area contributed by atoms with Crippen LogP contribution in [0.2, 0.25) is 0 Å². The Morgan fingerprint density at radius 3 is 3.15 bits per heavy atom. The molecule has 0 spiro atoms.